The first-order valence-electron chi connectivity index (χ1n) is 11.3. The van der Waals surface area contributed by atoms with Gasteiger partial charge < -0.3 is 14.2 Å². The van der Waals surface area contributed by atoms with Crippen LogP contribution in [0.2, 0.25) is 0 Å². The minimum absolute atomic E-state index is 0.0817. The SMILES string of the molecule is Cc1ccc(CCC2CCN(C(=O)C3CCCN(C(=O)c4ccco4)C3)CC2)cc1. The smallest absolute Gasteiger partial charge is 0.289 e. The zero-order valence-electron chi connectivity index (χ0n) is 17.9. The van der Waals surface area contributed by atoms with E-state index in [0.717, 1.165) is 45.2 Å². The highest BCUT2D eigenvalue weighted by atomic mass is 16.3. The summed E-state index contributed by atoms with van der Waals surface area (Å²) in [5.74, 6) is 1.09. The van der Waals surface area contributed by atoms with Crippen molar-refractivity contribution in [1.29, 1.82) is 0 Å². The van der Waals surface area contributed by atoms with Crippen molar-refractivity contribution in [2.24, 2.45) is 11.8 Å². The van der Waals surface area contributed by atoms with E-state index in [1.165, 1.54) is 23.8 Å². The highest BCUT2D eigenvalue weighted by Gasteiger charge is 2.33. The van der Waals surface area contributed by atoms with Crippen LogP contribution in [-0.2, 0) is 11.2 Å². The monoisotopic (exact) mass is 408 g/mol. The summed E-state index contributed by atoms with van der Waals surface area (Å²) in [6.07, 6.45) is 7.73. The number of rotatable bonds is 5. The fourth-order valence-corrected chi connectivity index (χ4v) is 4.75. The molecule has 0 radical (unpaired) electrons. The maximum Gasteiger partial charge on any atom is 0.289 e. The fraction of sp³-hybridized carbons (Fsp3) is 0.520. The van der Waals surface area contributed by atoms with Gasteiger partial charge in [-0.15, -0.1) is 0 Å². The van der Waals surface area contributed by atoms with Crippen molar-refractivity contribution in [3.05, 3.63) is 59.5 Å². The normalized spacial score (nSPS) is 20.4. The van der Waals surface area contributed by atoms with Gasteiger partial charge in [-0.3, -0.25) is 9.59 Å². The van der Waals surface area contributed by atoms with Crippen LogP contribution in [0.5, 0.6) is 0 Å². The number of aryl methyl sites for hydroxylation is 2. The van der Waals surface area contributed by atoms with Crippen LogP contribution < -0.4 is 0 Å². The first-order valence-corrected chi connectivity index (χ1v) is 11.3. The van der Waals surface area contributed by atoms with Gasteiger partial charge in [-0.1, -0.05) is 29.8 Å². The van der Waals surface area contributed by atoms with Gasteiger partial charge in [0.1, 0.15) is 0 Å². The number of amides is 2. The van der Waals surface area contributed by atoms with Crippen LogP contribution in [0, 0.1) is 18.8 Å². The Morgan fingerprint density at radius 2 is 1.77 bits per heavy atom. The van der Waals surface area contributed by atoms with Gasteiger partial charge in [0.25, 0.3) is 5.91 Å². The Morgan fingerprint density at radius 1 is 1.00 bits per heavy atom. The second-order valence-electron chi connectivity index (χ2n) is 8.86. The van der Waals surface area contributed by atoms with Crippen LogP contribution in [0.1, 0.15) is 53.8 Å². The molecular weight excluding hydrogens is 376 g/mol. The van der Waals surface area contributed by atoms with E-state index >= 15 is 0 Å². The molecular formula is C25H32N2O3. The lowest BCUT2D eigenvalue weighted by molar-refractivity contribution is -0.138. The number of nitrogens with zero attached hydrogens (tertiary/aromatic N) is 2. The number of furan rings is 1. The standard InChI is InChI=1S/C25H32N2O3/c1-19-6-8-20(9-7-19)10-11-21-12-15-26(16-13-21)24(28)22-4-2-14-27(18-22)25(29)23-5-3-17-30-23/h3,5-9,17,21-22H,2,4,10-16,18H2,1H3. The average Bonchev–Trinajstić information content (AvgIpc) is 3.33. The number of likely N-dealkylation sites (tertiary alicyclic amines) is 2. The Bertz CT molecular complexity index is 836. The molecule has 2 fully saturated rings. The molecule has 1 aromatic heterocycles. The number of benzene rings is 1. The van der Waals surface area contributed by atoms with E-state index in [1.807, 2.05) is 4.90 Å². The van der Waals surface area contributed by atoms with E-state index in [-0.39, 0.29) is 17.7 Å². The van der Waals surface area contributed by atoms with Crippen molar-refractivity contribution < 1.29 is 14.0 Å². The lowest BCUT2D eigenvalue weighted by Gasteiger charge is -2.37. The van der Waals surface area contributed by atoms with E-state index in [1.54, 1.807) is 17.0 Å². The molecule has 0 saturated carbocycles. The molecule has 4 rings (SSSR count). The minimum Gasteiger partial charge on any atom is -0.459 e. The lowest BCUT2D eigenvalue weighted by Crippen LogP contribution is -2.48. The summed E-state index contributed by atoms with van der Waals surface area (Å²) in [5, 5.41) is 0. The predicted octanol–water partition coefficient (Wildman–Crippen LogP) is 4.31. The first kappa shape index (κ1) is 20.7. The van der Waals surface area contributed by atoms with Crippen molar-refractivity contribution in [3.63, 3.8) is 0 Å². The number of carbonyl (C=O) groups is 2. The highest BCUT2D eigenvalue weighted by molar-refractivity contribution is 5.92. The number of hydrogen-bond donors (Lipinski definition) is 0. The molecule has 1 unspecified atom stereocenters. The Labute approximate surface area is 179 Å². The zero-order valence-corrected chi connectivity index (χ0v) is 17.9. The van der Waals surface area contributed by atoms with E-state index < -0.39 is 0 Å². The maximum absolute atomic E-state index is 13.1. The molecule has 30 heavy (non-hydrogen) atoms. The van der Waals surface area contributed by atoms with Gasteiger partial charge in [0, 0.05) is 26.2 Å². The number of piperidine rings is 2. The highest BCUT2D eigenvalue weighted by Crippen LogP contribution is 2.26. The van der Waals surface area contributed by atoms with Crippen LogP contribution >= 0.6 is 0 Å². The van der Waals surface area contributed by atoms with Gasteiger partial charge in [-0.2, -0.15) is 0 Å². The summed E-state index contributed by atoms with van der Waals surface area (Å²) >= 11 is 0. The topological polar surface area (TPSA) is 53.8 Å². The molecule has 2 aliphatic heterocycles. The molecule has 0 bridgehead atoms. The molecule has 0 spiro atoms. The number of hydrogen-bond acceptors (Lipinski definition) is 3. The molecule has 0 N–H and O–H groups in total. The minimum atomic E-state index is -0.104. The molecule has 0 aliphatic carbocycles. The average molecular weight is 409 g/mol. The zero-order chi connectivity index (χ0) is 20.9. The third kappa shape index (κ3) is 4.94. The molecule has 2 aromatic rings. The number of carbonyl (C=O) groups excluding carboxylic acids is 2. The van der Waals surface area contributed by atoms with Gasteiger partial charge in [0.15, 0.2) is 5.76 Å². The summed E-state index contributed by atoms with van der Waals surface area (Å²) in [4.78, 5) is 29.5. The summed E-state index contributed by atoms with van der Waals surface area (Å²) in [5.41, 5.74) is 2.71. The van der Waals surface area contributed by atoms with Crippen LogP contribution in [0.4, 0.5) is 0 Å². The fourth-order valence-electron chi connectivity index (χ4n) is 4.75. The van der Waals surface area contributed by atoms with Crippen molar-refractivity contribution in [2.45, 2.75) is 45.4 Å². The molecule has 1 atom stereocenters. The summed E-state index contributed by atoms with van der Waals surface area (Å²) in [6.45, 7) is 5.02. The van der Waals surface area contributed by atoms with Crippen LogP contribution in [0.15, 0.2) is 47.1 Å². The van der Waals surface area contributed by atoms with Crippen molar-refractivity contribution in [2.75, 3.05) is 26.2 Å². The molecule has 3 heterocycles. The predicted molar refractivity (Wildman–Crippen MR) is 116 cm³/mol. The van der Waals surface area contributed by atoms with E-state index in [9.17, 15) is 9.59 Å². The second-order valence-corrected chi connectivity index (χ2v) is 8.86. The van der Waals surface area contributed by atoms with Gasteiger partial charge in [0.2, 0.25) is 5.91 Å². The van der Waals surface area contributed by atoms with Gasteiger partial charge in [0.05, 0.1) is 12.2 Å². The van der Waals surface area contributed by atoms with Crippen molar-refractivity contribution in [1.82, 2.24) is 9.80 Å². The van der Waals surface area contributed by atoms with E-state index in [4.69, 9.17) is 4.42 Å². The van der Waals surface area contributed by atoms with Crippen LogP contribution in [0.25, 0.3) is 0 Å². The lowest BCUT2D eigenvalue weighted by atomic mass is 9.89. The Balaban J connectivity index is 1.24. The van der Waals surface area contributed by atoms with Crippen LogP contribution in [-0.4, -0.2) is 47.8 Å². The molecule has 5 heteroatoms. The Hall–Kier alpha value is -2.56. The Morgan fingerprint density at radius 3 is 2.47 bits per heavy atom. The summed E-state index contributed by atoms with van der Waals surface area (Å²) in [7, 11) is 0. The summed E-state index contributed by atoms with van der Waals surface area (Å²) in [6, 6.07) is 12.2. The first-order chi connectivity index (χ1) is 14.6. The Kier molecular flexibility index (Phi) is 6.56. The summed E-state index contributed by atoms with van der Waals surface area (Å²) < 4.78 is 5.25. The largest absolute Gasteiger partial charge is 0.459 e. The van der Waals surface area contributed by atoms with Gasteiger partial charge >= 0.3 is 0 Å². The molecule has 2 amide bonds. The molecule has 5 nitrogen and oxygen atoms in total. The van der Waals surface area contributed by atoms with Crippen LogP contribution in [0.3, 0.4) is 0 Å². The molecule has 2 saturated heterocycles. The molecule has 160 valence electrons. The van der Waals surface area contributed by atoms with Gasteiger partial charge in [-0.25, -0.2) is 0 Å². The van der Waals surface area contributed by atoms with E-state index in [2.05, 4.69) is 31.2 Å². The van der Waals surface area contributed by atoms with E-state index in [0.29, 0.717) is 24.8 Å². The quantitative estimate of drug-likeness (QED) is 0.741. The molecule has 1 aromatic carbocycles. The van der Waals surface area contributed by atoms with Crippen molar-refractivity contribution in [3.8, 4) is 0 Å². The van der Waals surface area contributed by atoms with Crippen molar-refractivity contribution >= 4 is 11.8 Å². The second kappa shape index (κ2) is 9.50. The van der Waals surface area contributed by atoms with Gasteiger partial charge in [-0.05, 0) is 69.1 Å². The molecule has 2 aliphatic rings. The maximum atomic E-state index is 13.1. The third-order valence-corrected chi connectivity index (χ3v) is 6.68. The third-order valence-electron chi connectivity index (χ3n) is 6.68.